The van der Waals surface area contributed by atoms with Gasteiger partial charge in [0, 0.05) is 19.2 Å². The van der Waals surface area contributed by atoms with Crippen molar-refractivity contribution in [2.45, 2.75) is 6.54 Å². The lowest BCUT2D eigenvalue weighted by Crippen LogP contribution is -2.18. The number of halogens is 2. The van der Waals surface area contributed by atoms with E-state index in [0.717, 1.165) is 6.54 Å². The second-order valence-corrected chi connectivity index (χ2v) is 4.68. The molecule has 0 unspecified atom stereocenters. The number of nitrogens with one attached hydrogen (secondary N) is 1. The zero-order valence-electron chi connectivity index (χ0n) is 10.5. The van der Waals surface area contributed by atoms with Gasteiger partial charge >= 0.3 is 0 Å². The molecule has 1 heterocycles. The molecule has 1 N–H and O–H groups in total. The van der Waals surface area contributed by atoms with E-state index in [1.165, 1.54) is 6.07 Å². The van der Waals surface area contributed by atoms with Gasteiger partial charge in [-0.05, 0) is 28.1 Å². The van der Waals surface area contributed by atoms with E-state index in [0.29, 0.717) is 34.8 Å². The van der Waals surface area contributed by atoms with Crippen molar-refractivity contribution in [2.24, 2.45) is 0 Å². The van der Waals surface area contributed by atoms with Crippen LogP contribution in [0, 0.1) is 5.82 Å². The molecule has 1 aromatic carbocycles. The van der Waals surface area contributed by atoms with E-state index in [2.05, 4.69) is 26.2 Å². The van der Waals surface area contributed by atoms with Crippen molar-refractivity contribution in [1.29, 1.82) is 0 Å². The van der Waals surface area contributed by atoms with E-state index >= 15 is 0 Å². The monoisotopic (exact) mass is 328 g/mol. The Morgan fingerprint density at radius 3 is 3.11 bits per heavy atom. The zero-order valence-corrected chi connectivity index (χ0v) is 12.0. The van der Waals surface area contributed by atoms with Crippen LogP contribution in [0.5, 0.6) is 0 Å². The number of nitrogens with zero attached hydrogens (tertiary/aromatic N) is 1. The van der Waals surface area contributed by atoms with Crippen LogP contribution < -0.4 is 5.32 Å². The highest BCUT2D eigenvalue weighted by atomic mass is 79.9. The van der Waals surface area contributed by atoms with E-state index in [4.69, 9.17) is 9.15 Å². The summed E-state index contributed by atoms with van der Waals surface area (Å²) in [5.41, 5.74) is 0.649. The highest BCUT2D eigenvalue weighted by molar-refractivity contribution is 9.10. The standard InChI is InChI=1S/C13H14BrFN2O2/c1-18-6-5-16-8-12-17-7-11(19-12)9-3-2-4-10(15)13(9)14/h2-4,7,16H,5-6,8H2,1H3. The van der Waals surface area contributed by atoms with Gasteiger partial charge in [0.25, 0.3) is 0 Å². The minimum Gasteiger partial charge on any atom is -0.439 e. The van der Waals surface area contributed by atoms with E-state index in [1.807, 2.05) is 0 Å². The quantitative estimate of drug-likeness (QED) is 0.828. The topological polar surface area (TPSA) is 47.3 Å². The van der Waals surface area contributed by atoms with Gasteiger partial charge in [0.1, 0.15) is 5.82 Å². The number of benzene rings is 1. The molecular weight excluding hydrogens is 315 g/mol. The molecule has 19 heavy (non-hydrogen) atoms. The molecule has 2 rings (SSSR count). The number of hydrogen-bond donors (Lipinski definition) is 1. The highest BCUT2D eigenvalue weighted by Gasteiger charge is 2.12. The zero-order chi connectivity index (χ0) is 13.7. The molecule has 0 saturated carbocycles. The van der Waals surface area contributed by atoms with Crippen LogP contribution in [-0.4, -0.2) is 25.2 Å². The molecular formula is C13H14BrFN2O2. The second-order valence-electron chi connectivity index (χ2n) is 3.89. The van der Waals surface area contributed by atoms with Gasteiger partial charge in [0.05, 0.1) is 23.8 Å². The summed E-state index contributed by atoms with van der Waals surface area (Å²) in [6.07, 6.45) is 1.59. The lowest BCUT2D eigenvalue weighted by Gasteiger charge is -2.02. The van der Waals surface area contributed by atoms with Crippen LogP contribution in [0.1, 0.15) is 5.89 Å². The molecule has 6 heteroatoms. The van der Waals surface area contributed by atoms with E-state index in [9.17, 15) is 4.39 Å². The SMILES string of the molecule is COCCNCc1ncc(-c2cccc(F)c2Br)o1. The third-order valence-corrected chi connectivity index (χ3v) is 3.34. The summed E-state index contributed by atoms with van der Waals surface area (Å²) in [5.74, 6) is 0.769. The number of ether oxygens (including phenoxy) is 1. The fourth-order valence-corrected chi connectivity index (χ4v) is 2.04. The Morgan fingerprint density at radius 1 is 1.47 bits per heavy atom. The lowest BCUT2D eigenvalue weighted by atomic mass is 10.2. The predicted octanol–water partition coefficient (Wildman–Crippen LogP) is 2.98. The summed E-state index contributed by atoms with van der Waals surface area (Å²) in [7, 11) is 1.65. The van der Waals surface area contributed by atoms with Crippen molar-refractivity contribution in [2.75, 3.05) is 20.3 Å². The maximum Gasteiger partial charge on any atom is 0.208 e. The molecule has 0 amide bonds. The summed E-state index contributed by atoms with van der Waals surface area (Å²) in [4.78, 5) is 4.15. The molecule has 1 aromatic heterocycles. The molecule has 0 atom stereocenters. The van der Waals surface area contributed by atoms with Crippen molar-refractivity contribution in [3.05, 3.63) is 40.6 Å². The summed E-state index contributed by atoms with van der Waals surface area (Å²) in [6, 6.07) is 4.79. The van der Waals surface area contributed by atoms with E-state index in [1.54, 1.807) is 25.4 Å². The number of oxazole rings is 1. The molecule has 0 aliphatic carbocycles. The second kappa shape index (κ2) is 6.79. The van der Waals surface area contributed by atoms with Crippen LogP contribution in [0.4, 0.5) is 4.39 Å². The summed E-state index contributed by atoms with van der Waals surface area (Å²) in [6.45, 7) is 1.86. The van der Waals surface area contributed by atoms with Gasteiger partial charge in [-0.3, -0.25) is 0 Å². The molecule has 0 bridgehead atoms. The largest absolute Gasteiger partial charge is 0.439 e. The van der Waals surface area contributed by atoms with E-state index < -0.39 is 0 Å². The number of aromatic nitrogens is 1. The van der Waals surface area contributed by atoms with Crippen LogP contribution >= 0.6 is 15.9 Å². The van der Waals surface area contributed by atoms with Gasteiger partial charge in [0.15, 0.2) is 5.76 Å². The Bertz CT molecular complexity index is 545. The van der Waals surface area contributed by atoms with Crippen LogP contribution in [-0.2, 0) is 11.3 Å². The Labute approximate surface area is 119 Å². The van der Waals surface area contributed by atoms with Crippen molar-refractivity contribution in [3.8, 4) is 11.3 Å². The Morgan fingerprint density at radius 2 is 2.32 bits per heavy atom. The summed E-state index contributed by atoms with van der Waals surface area (Å²) >= 11 is 3.20. The average molecular weight is 329 g/mol. The van der Waals surface area contributed by atoms with Crippen molar-refractivity contribution >= 4 is 15.9 Å². The smallest absolute Gasteiger partial charge is 0.208 e. The van der Waals surface area contributed by atoms with Gasteiger partial charge in [0.2, 0.25) is 5.89 Å². The molecule has 2 aromatic rings. The first kappa shape index (κ1) is 14.2. The lowest BCUT2D eigenvalue weighted by molar-refractivity contribution is 0.198. The minimum absolute atomic E-state index is 0.325. The minimum atomic E-state index is -0.325. The molecule has 4 nitrogen and oxygen atoms in total. The first-order valence-electron chi connectivity index (χ1n) is 5.81. The molecule has 0 radical (unpaired) electrons. The highest BCUT2D eigenvalue weighted by Crippen LogP contribution is 2.30. The van der Waals surface area contributed by atoms with Crippen LogP contribution in [0.15, 0.2) is 33.3 Å². The fraction of sp³-hybridized carbons (Fsp3) is 0.308. The van der Waals surface area contributed by atoms with Crippen LogP contribution in [0.2, 0.25) is 0 Å². The number of rotatable bonds is 6. The van der Waals surface area contributed by atoms with E-state index in [-0.39, 0.29) is 5.82 Å². The van der Waals surface area contributed by atoms with Crippen LogP contribution in [0.3, 0.4) is 0 Å². The molecule has 0 saturated heterocycles. The fourth-order valence-electron chi connectivity index (χ4n) is 1.58. The average Bonchev–Trinajstić information content (AvgIpc) is 2.87. The van der Waals surface area contributed by atoms with Gasteiger partial charge in [-0.15, -0.1) is 0 Å². The summed E-state index contributed by atoms with van der Waals surface area (Å²) < 4.78 is 24.3. The van der Waals surface area contributed by atoms with Crippen molar-refractivity contribution in [1.82, 2.24) is 10.3 Å². The maximum absolute atomic E-state index is 13.4. The van der Waals surface area contributed by atoms with Crippen molar-refractivity contribution < 1.29 is 13.5 Å². The Balaban J connectivity index is 2.06. The Hall–Kier alpha value is -1.24. The van der Waals surface area contributed by atoms with Gasteiger partial charge in [-0.1, -0.05) is 6.07 Å². The third-order valence-electron chi connectivity index (χ3n) is 2.53. The third kappa shape index (κ3) is 3.62. The normalized spacial score (nSPS) is 10.9. The predicted molar refractivity (Wildman–Crippen MR) is 73.2 cm³/mol. The number of methoxy groups -OCH3 is 1. The van der Waals surface area contributed by atoms with Gasteiger partial charge in [-0.2, -0.15) is 0 Å². The molecule has 0 fully saturated rings. The first-order valence-corrected chi connectivity index (χ1v) is 6.60. The Kier molecular flexibility index (Phi) is 5.07. The first-order chi connectivity index (χ1) is 9.22. The maximum atomic E-state index is 13.4. The summed E-state index contributed by atoms with van der Waals surface area (Å²) in [5, 5.41) is 3.13. The number of hydrogen-bond acceptors (Lipinski definition) is 4. The molecule has 0 aliphatic heterocycles. The van der Waals surface area contributed by atoms with Crippen molar-refractivity contribution in [3.63, 3.8) is 0 Å². The van der Waals surface area contributed by atoms with Gasteiger partial charge < -0.3 is 14.5 Å². The molecule has 0 aliphatic rings. The van der Waals surface area contributed by atoms with Crippen LogP contribution in [0.25, 0.3) is 11.3 Å². The molecule has 0 spiro atoms. The van der Waals surface area contributed by atoms with Gasteiger partial charge in [-0.25, -0.2) is 9.37 Å². The molecule has 102 valence electrons.